The van der Waals surface area contributed by atoms with Gasteiger partial charge in [-0.2, -0.15) is 0 Å². The SMILES string of the molecule is CCNC(=O)CCNC(=O)COc1ccc(N)cc1. The van der Waals surface area contributed by atoms with E-state index < -0.39 is 0 Å². The van der Waals surface area contributed by atoms with Gasteiger partial charge in [0.1, 0.15) is 5.75 Å². The van der Waals surface area contributed by atoms with E-state index in [-0.39, 0.29) is 24.8 Å². The molecule has 0 radical (unpaired) electrons. The van der Waals surface area contributed by atoms with Gasteiger partial charge in [-0.15, -0.1) is 0 Å². The summed E-state index contributed by atoms with van der Waals surface area (Å²) in [5, 5.41) is 5.25. The number of carbonyl (C=O) groups excluding carboxylic acids is 2. The van der Waals surface area contributed by atoms with Gasteiger partial charge in [0.2, 0.25) is 5.91 Å². The van der Waals surface area contributed by atoms with Gasteiger partial charge in [-0.1, -0.05) is 0 Å². The van der Waals surface area contributed by atoms with Crippen LogP contribution in [0.1, 0.15) is 13.3 Å². The fourth-order valence-corrected chi connectivity index (χ4v) is 1.36. The second-order valence-electron chi connectivity index (χ2n) is 3.91. The van der Waals surface area contributed by atoms with Crippen LogP contribution in [0.25, 0.3) is 0 Å². The first kappa shape index (κ1) is 14.8. The van der Waals surface area contributed by atoms with Crippen LogP contribution in [0, 0.1) is 0 Å². The number of hydrogen-bond acceptors (Lipinski definition) is 4. The third-order valence-corrected chi connectivity index (χ3v) is 2.30. The zero-order chi connectivity index (χ0) is 14.1. The minimum absolute atomic E-state index is 0.0812. The maximum atomic E-state index is 11.4. The summed E-state index contributed by atoms with van der Waals surface area (Å²) in [5.41, 5.74) is 6.17. The van der Waals surface area contributed by atoms with E-state index in [0.29, 0.717) is 24.5 Å². The monoisotopic (exact) mass is 265 g/mol. The highest BCUT2D eigenvalue weighted by Gasteiger charge is 2.04. The molecule has 2 amide bonds. The molecule has 0 aliphatic carbocycles. The lowest BCUT2D eigenvalue weighted by molar-refractivity contribution is -0.123. The molecular formula is C13H19N3O3. The molecule has 1 rings (SSSR count). The summed E-state index contributed by atoms with van der Waals surface area (Å²) < 4.78 is 5.26. The standard InChI is InChI=1S/C13H19N3O3/c1-2-15-12(17)7-8-16-13(18)9-19-11-5-3-10(14)4-6-11/h3-6H,2,7-9,14H2,1H3,(H,15,17)(H,16,18). The van der Waals surface area contributed by atoms with Crippen LogP contribution < -0.4 is 21.1 Å². The van der Waals surface area contributed by atoms with E-state index in [0.717, 1.165) is 0 Å². The van der Waals surface area contributed by atoms with E-state index >= 15 is 0 Å². The molecule has 0 unspecified atom stereocenters. The Hall–Kier alpha value is -2.24. The summed E-state index contributed by atoms with van der Waals surface area (Å²) in [6.07, 6.45) is 0.265. The predicted octanol–water partition coefficient (Wildman–Crippen LogP) is 0.290. The van der Waals surface area contributed by atoms with Crippen LogP contribution in [0.3, 0.4) is 0 Å². The minimum atomic E-state index is -0.263. The number of benzene rings is 1. The zero-order valence-corrected chi connectivity index (χ0v) is 10.9. The van der Waals surface area contributed by atoms with Gasteiger partial charge in [0, 0.05) is 25.2 Å². The number of nitrogen functional groups attached to an aromatic ring is 1. The number of nitrogens with one attached hydrogen (secondary N) is 2. The number of rotatable bonds is 7. The van der Waals surface area contributed by atoms with E-state index in [1.807, 2.05) is 6.92 Å². The Kier molecular flexibility index (Phi) is 6.21. The highest BCUT2D eigenvalue weighted by Crippen LogP contribution is 2.12. The van der Waals surface area contributed by atoms with Crippen LogP contribution in [-0.2, 0) is 9.59 Å². The Morgan fingerprint density at radius 3 is 2.47 bits per heavy atom. The third kappa shape index (κ3) is 6.30. The van der Waals surface area contributed by atoms with Crippen molar-refractivity contribution in [2.24, 2.45) is 0 Å². The summed E-state index contributed by atoms with van der Waals surface area (Å²) in [6.45, 7) is 2.65. The first-order valence-corrected chi connectivity index (χ1v) is 6.13. The number of nitrogens with two attached hydrogens (primary N) is 1. The lowest BCUT2D eigenvalue weighted by Gasteiger charge is -2.07. The van der Waals surface area contributed by atoms with Crippen molar-refractivity contribution in [1.29, 1.82) is 0 Å². The molecule has 0 fully saturated rings. The van der Waals surface area contributed by atoms with Gasteiger partial charge in [0.15, 0.2) is 6.61 Å². The summed E-state index contributed by atoms with van der Waals surface area (Å²) in [7, 11) is 0. The Balaban J connectivity index is 2.17. The van der Waals surface area contributed by atoms with E-state index in [1.54, 1.807) is 24.3 Å². The lowest BCUT2D eigenvalue weighted by atomic mass is 10.3. The molecule has 0 aliphatic rings. The normalized spacial score (nSPS) is 9.74. The Morgan fingerprint density at radius 1 is 1.16 bits per heavy atom. The quantitative estimate of drug-likeness (QED) is 0.618. The third-order valence-electron chi connectivity index (χ3n) is 2.30. The van der Waals surface area contributed by atoms with Crippen LogP contribution in [0.5, 0.6) is 5.75 Å². The first-order chi connectivity index (χ1) is 9.11. The molecule has 0 spiro atoms. The minimum Gasteiger partial charge on any atom is -0.484 e. The van der Waals surface area contributed by atoms with Crippen LogP contribution in [0.4, 0.5) is 5.69 Å². The topological polar surface area (TPSA) is 93.5 Å². The van der Waals surface area contributed by atoms with Crippen LogP contribution in [0.15, 0.2) is 24.3 Å². The molecule has 0 aromatic heterocycles. The molecule has 1 aromatic carbocycles. The molecule has 104 valence electrons. The highest BCUT2D eigenvalue weighted by molar-refractivity contribution is 5.79. The molecule has 4 N–H and O–H groups in total. The summed E-state index contributed by atoms with van der Waals surface area (Å²) >= 11 is 0. The van der Waals surface area contributed by atoms with Crippen molar-refractivity contribution in [2.45, 2.75) is 13.3 Å². The van der Waals surface area contributed by atoms with E-state index in [2.05, 4.69) is 10.6 Å². The summed E-state index contributed by atoms with van der Waals surface area (Å²) in [6, 6.07) is 6.78. The van der Waals surface area contributed by atoms with Crippen LogP contribution in [-0.4, -0.2) is 31.5 Å². The lowest BCUT2D eigenvalue weighted by Crippen LogP contribution is -2.33. The van der Waals surface area contributed by atoms with Crippen molar-refractivity contribution in [2.75, 3.05) is 25.4 Å². The molecule has 0 aliphatic heterocycles. The smallest absolute Gasteiger partial charge is 0.257 e. The second kappa shape index (κ2) is 7.97. The largest absolute Gasteiger partial charge is 0.484 e. The second-order valence-corrected chi connectivity index (χ2v) is 3.91. The van der Waals surface area contributed by atoms with E-state index in [1.165, 1.54) is 0 Å². The van der Waals surface area contributed by atoms with E-state index in [9.17, 15) is 9.59 Å². The average molecular weight is 265 g/mol. The zero-order valence-electron chi connectivity index (χ0n) is 10.9. The molecule has 0 heterocycles. The predicted molar refractivity (Wildman–Crippen MR) is 72.7 cm³/mol. The molecule has 0 atom stereocenters. The van der Waals surface area contributed by atoms with Crippen molar-refractivity contribution in [1.82, 2.24) is 10.6 Å². The van der Waals surface area contributed by atoms with Gasteiger partial charge in [-0.3, -0.25) is 9.59 Å². The Morgan fingerprint density at radius 2 is 1.84 bits per heavy atom. The number of carbonyl (C=O) groups is 2. The van der Waals surface area contributed by atoms with Gasteiger partial charge < -0.3 is 21.1 Å². The van der Waals surface area contributed by atoms with Crippen LogP contribution in [0.2, 0.25) is 0 Å². The molecule has 6 heteroatoms. The van der Waals surface area contributed by atoms with Crippen molar-refractivity contribution in [3.8, 4) is 5.75 Å². The van der Waals surface area contributed by atoms with Crippen LogP contribution >= 0.6 is 0 Å². The molecule has 0 bridgehead atoms. The van der Waals surface area contributed by atoms with Crippen molar-refractivity contribution in [3.63, 3.8) is 0 Å². The Labute approximate surface area is 112 Å². The number of amides is 2. The van der Waals surface area contributed by atoms with Gasteiger partial charge in [-0.25, -0.2) is 0 Å². The number of anilines is 1. The molecule has 6 nitrogen and oxygen atoms in total. The number of hydrogen-bond donors (Lipinski definition) is 3. The molecule has 1 aromatic rings. The Bertz CT molecular complexity index is 418. The molecule has 0 saturated carbocycles. The highest BCUT2D eigenvalue weighted by atomic mass is 16.5. The fraction of sp³-hybridized carbons (Fsp3) is 0.385. The van der Waals surface area contributed by atoms with Gasteiger partial charge in [0.05, 0.1) is 0 Å². The summed E-state index contributed by atoms with van der Waals surface area (Å²) in [5.74, 6) is 0.233. The first-order valence-electron chi connectivity index (χ1n) is 6.13. The average Bonchev–Trinajstić information content (AvgIpc) is 2.38. The fourth-order valence-electron chi connectivity index (χ4n) is 1.36. The molecule has 0 saturated heterocycles. The number of ether oxygens (including phenoxy) is 1. The van der Waals surface area contributed by atoms with E-state index in [4.69, 9.17) is 10.5 Å². The van der Waals surface area contributed by atoms with Crippen molar-refractivity contribution in [3.05, 3.63) is 24.3 Å². The maximum Gasteiger partial charge on any atom is 0.257 e. The van der Waals surface area contributed by atoms with Gasteiger partial charge >= 0.3 is 0 Å². The van der Waals surface area contributed by atoms with Gasteiger partial charge in [0.25, 0.3) is 5.91 Å². The molecule has 19 heavy (non-hydrogen) atoms. The van der Waals surface area contributed by atoms with Gasteiger partial charge in [-0.05, 0) is 31.2 Å². The maximum absolute atomic E-state index is 11.4. The molecular weight excluding hydrogens is 246 g/mol. The summed E-state index contributed by atoms with van der Waals surface area (Å²) in [4.78, 5) is 22.6. The van der Waals surface area contributed by atoms with Crippen molar-refractivity contribution >= 4 is 17.5 Å². The van der Waals surface area contributed by atoms with Crippen molar-refractivity contribution < 1.29 is 14.3 Å².